The maximum absolute atomic E-state index is 11.3. The predicted molar refractivity (Wildman–Crippen MR) is 73.5 cm³/mol. The fourth-order valence-corrected chi connectivity index (χ4v) is 1.57. The highest BCUT2D eigenvalue weighted by Crippen LogP contribution is 2.25. The van der Waals surface area contributed by atoms with Gasteiger partial charge >= 0.3 is 0 Å². The molecule has 1 amide bonds. The molecule has 1 rings (SSSR count). The lowest BCUT2D eigenvalue weighted by atomic mass is 10.2. The molecular formula is C12H17ClN2O4. The fourth-order valence-electron chi connectivity index (χ4n) is 1.34. The van der Waals surface area contributed by atoms with E-state index in [1.54, 1.807) is 18.2 Å². The summed E-state index contributed by atoms with van der Waals surface area (Å²) in [5, 5.41) is 23.8. The average Bonchev–Trinajstić information content (AvgIpc) is 2.39. The van der Waals surface area contributed by atoms with Crippen molar-refractivity contribution in [3.05, 3.63) is 23.2 Å². The number of rotatable bonds is 7. The van der Waals surface area contributed by atoms with E-state index >= 15 is 0 Å². The van der Waals surface area contributed by atoms with Gasteiger partial charge < -0.3 is 25.6 Å². The van der Waals surface area contributed by atoms with Crippen LogP contribution in [0.4, 0.5) is 11.4 Å². The minimum absolute atomic E-state index is 0.0426. The molecule has 7 heteroatoms. The van der Waals surface area contributed by atoms with Crippen molar-refractivity contribution in [2.45, 2.75) is 6.10 Å². The first-order valence-corrected chi connectivity index (χ1v) is 6.05. The number of hydrogen-bond donors (Lipinski definition) is 4. The number of aliphatic hydroxyl groups is 2. The van der Waals surface area contributed by atoms with Gasteiger partial charge in [-0.2, -0.15) is 0 Å². The highest BCUT2D eigenvalue weighted by atomic mass is 35.5. The number of benzene rings is 1. The first kappa shape index (κ1) is 15.7. The van der Waals surface area contributed by atoms with Gasteiger partial charge in [0.1, 0.15) is 6.61 Å². The quantitative estimate of drug-likeness (QED) is 0.593. The SMILES string of the molecule is COCC(=O)Nc1ccc(NCC(O)CO)cc1Cl. The number of anilines is 2. The number of methoxy groups -OCH3 is 1. The molecule has 1 aromatic rings. The number of carbonyl (C=O) groups is 1. The van der Waals surface area contributed by atoms with Crippen molar-refractivity contribution in [2.75, 3.05) is 37.5 Å². The predicted octanol–water partition coefficient (Wildman–Crippen LogP) is 0.690. The van der Waals surface area contributed by atoms with E-state index in [1.165, 1.54) is 7.11 Å². The number of nitrogens with one attached hydrogen (secondary N) is 2. The number of amides is 1. The molecule has 0 aliphatic rings. The van der Waals surface area contributed by atoms with Gasteiger partial charge in [-0.15, -0.1) is 0 Å². The van der Waals surface area contributed by atoms with Crippen molar-refractivity contribution in [1.29, 1.82) is 0 Å². The summed E-state index contributed by atoms with van der Waals surface area (Å²) in [5.74, 6) is -0.291. The van der Waals surface area contributed by atoms with Crippen LogP contribution in [-0.2, 0) is 9.53 Å². The first-order chi connectivity index (χ1) is 9.06. The van der Waals surface area contributed by atoms with Crippen LogP contribution < -0.4 is 10.6 Å². The molecule has 0 spiro atoms. The van der Waals surface area contributed by atoms with Gasteiger partial charge in [0.25, 0.3) is 0 Å². The zero-order valence-corrected chi connectivity index (χ0v) is 11.3. The van der Waals surface area contributed by atoms with E-state index in [0.29, 0.717) is 16.4 Å². The molecule has 0 aliphatic heterocycles. The summed E-state index contributed by atoms with van der Waals surface area (Å²) < 4.78 is 4.70. The molecule has 0 radical (unpaired) electrons. The number of ether oxygens (including phenoxy) is 1. The fraction of sp³-hybridized carbons (Fsp3) is 0.417. The molecule has 19 heavy (non-hydrogen) atoms. The van der Waals surface area contributed by atoms with Crippen LogP contribution in [0.15, 0.2) is 18.2 Å². The van der Waals surface area contributed by atoms with Crippen molar-refractivity contribution >= 4 is 28.9 Å². The zero-order chi connectivity index (χ0) is 14.3. The maximum atomic E-state index is 11.3. The lowest BCUT2D eigenvalue weighted by molar-refractivity contribution is -0.119. The Kier molecular flexibility index (Phi) is 6.58. The highest BCUT2D eigenvalue weighted by Gasteiger charge is 2.07. The van der Waals surface area contributed by atoms with E-state index in [2.05, 4.69) is 10.6 Å². The Morgan fingerprint density at radius 2 is 2.26 bits per heavy atom. The summed E-state index contributed by atoms with van der Waals surface area (Å²) in [6.45, 7) is -0.146. The second-order valence-electron chi connectivity index (χ2n) is 3.89. The van der Waals surface area contributed by atoms with Crippen LogP contribution in [0, 0.1) is 0 Å². The summed E-state index contributed by atoms with van der Waals surface area (Å²) in [5.41, 5.74) is 1.17. The molecule has 0 fully saturated rings. The van der Waals surface area contributed by atoms with Crippen molar-refractivity contribution in [3.63, 3.8) is 0 Å². The van der Waals surface area contributed by atoms with Gasteiger partial charge in [-0.05, 0) is 18.2 Å². The Labute approximate surface area is 116 Å². The Hall–Kier alpha value is -1.34. The van der Waals surface area contributed by atoms with E-state index in [9.17, 15) is 9.90 Å². The highest BCUT2D eigenvalue weighted by molar-refractivity contribution is 6.34. The Morgan fingerprint density at radius 1 is 1.53 bits per heavy atom. The van der Waals surface area contributed by atoms with Gasteiger partial charge in [-0.3, -0.25) is 4.79 Å². The monoisotopic (exact) mass is 288 g/mol. The molecule has 0 saturated heterocycles. The normalized spacial score (nSPS) is 12.0. The molecule has 1 aromatic carbocycles. The van der Waals surface area contributed by atoms with E-state index in [4.69, 9.17) is 21.4 Å². The minimum Gasteiger partial charge on any atom is -0.394 e. The van der Waals surface area contributed by atoms with Crippen molar-refractivity contribution in [1.82, 2.24) is 0 Å². The maximum Gasteiger partial charge on any atom is 0.250 e. The largest absolute Gasteiger partial charge is 0.394 e. The van der Waals surface area contributed by atoms with Crippen molar-refractivity contribution < 1.29 is 19.7 Å². The third-order valence-electron chi connectivity index (χ3n) is 2.27. The Bertz CT molecular complexity index is 428. The van der Waals surface area contributed by atoms with Crippen LogP contribution in [-0.4, -0.2) is 49.1 Å². The topological polar surface area (TPSA) is 90.8 Å². The molecule has 6 nitrogen and oxygen atoms in total. The molecule has 4 N–H and O–H groups in total. The molecular weight excluding hydrogens is 272 g/mol. The first-order valence-electron chi connectivity index (χ1n) is 5.68. The van der Waals surface area contributed by atoms with Gasteiger partial charge in [0.05, 0.1) is 23.4 Å². The number of halogens is 1. The summed E-state index contributed by atoms with van der Waals surface area (Å²) in [4.78, 5) is 11.3. The van der Waals surface area contributed by atoms with Gasteiger partial charge in [0.2, 0.25) is 5.91 Å². The van der Waals surface area contributed by atoms with Crippen LogP contribution in [0.5, 0.6) is 0 Å². The summed E-state index contributed by atoms with van der Waals surface area (Å²) >= 11 is 6.02. The summed E-state index contributed by atoms with van der Waals surface area (Å²) in [6.07, 6.45) is -0.833. The lowest BCUT2D eigenvalue weighted by Gasteiger charge is -2.12. The van der Waals surface area contributed by atoms with E-state index in [-0.39, 0.29) is 25.7 Å². The third-order valence-corrected chi connectivity index (χ3v) is 2.58. The van der Waals surface area contributed by atoms with E-state index in [1.807, 2.05) is 0 Å². The molecule has 0 aromatic heterocycles. The third kappa shape index (κ3) is 5.44. The Morgan fingerprint density at radius 3 is 2.84 bits per heavy atom. The smallest absolute Gasteiger partial charge is 0.250 e. The van der Waals surface area contributed by atoms with Gasteiger partial charge in [0.15, 0.2) is 0 Å². The molecule has 0 bridgehead atoms. The van der Waals surface area contributed by atoms with E-state index < -0.39 is 6.10 Å². The molecule has 1 unspecified atom stereocenters. The Balaban J connectivity index is 2.61. The second-order valence-corrected chi connectivity index (χ2v) is 4.30. The summed E-state index contributed by atoms with van der Waals surface area (Å²) in [6, 6.07) is 4.97. The molecule has 0 heterocycles. The van der Waals surface area contributed by atoms with Crippen LogP contribution in [0.1, 0.15) is 0 Å². The van der Waals surface area contributed by atoms with Crippen LogP contribution in [0.2, 0.25) is 5.02 Å². The van der Waals surface area contributed by atoms with Gasteiger partial charge in [0, 0.05) is 19.3 Å². The standard InChI is InChI=1S/C12H17ClN2O4/c1-19-7-12(18)15-11-3-2-8(4-10(11)13)14-5-9(17)6-16/h2-4,9,14,16-17H,5-7H2,1H3,(H,15,18). The van der Waals surface area contributed by atoms with Crippen molar-refractivity contribution in [3.8, 4) is 0 Å². The van der Waals surface area contributed by atoms with Crippen LogP contribution in [0.3, 0.4) is 0 Å². The van der Waals surface area contributed by atoms with Crippen molar-refractivity contribution in [2.24, 2.45) is 0 Å². The number of carbonyl (C=O) groups excluding carboxylic acids is 1. The number of aliphatic hydroxyl groups excluding tert-OH is 2. The second kappa shape index (κ2) is 7.96. The molecule has 0 saturated carbocycles. The number of hydrogen-bond acceptors (Lipinski definition) is 5. The molecule has 1 atom stereocenters. The summed E-state index contributed by atoms with van der Waals surface area (Å²) in [7, 11) is 1.43. The van der Waals surface area contributed by atoms with Crippen LogP contribution >= 0.6 is 11.6 Å². The van der Waals surface area contributed by atoms with Gasteiger partial charge in [-0.1, -0.05) is 11.6 Å². The molecule has 0 aliphatic carbocycles. The van der Waals surface area contributed by atoms with Crippen LogP contribution in [0.25, 0.3) is 0 Å². The van der Waals surface area contributed by atoms with Gasteiger partial charge in [-0.25, -0.2) is 0 Å². The molecule has 106 valence electrons. The minimum atomic E-state index is -0.833. The lowest BCUT2D eigenvalue weighted by Crippen LogP contribution is -2.23. The average molecular weight is 289 g/mol. The van der Waals surface area contributed by atoms with E-state index in [0.717, 1.165) is 0 Å². The zero-order valence-electron chi connectivity index (χ0n) is 10.5.